The number of rotatable bonds is 2. The van der Waals surface area contributed by atoms with Gasteiger partial charge in [-0.3, -0.25) is 4.79 Å². The van der Waals surface area contributed by atoms with Crippen molar-refractivity contribution in [1.82, 2.24) is 0 Å². The average Bonchev–Trinajstić information content (AvgIpc) is 2.07. The SMILES string of the molecule is O=Cc1ccc([B-](F)(F)F)c(F)c1F. The van der Waals surface area contributed by atoms with Gasteiger partial charge < -0.3 is 12.9 Å². The van der Waals surface area contributed by atoms with Crippen molar-refractivity contribution in [3.8, 4) is 0 Å². The number of aldehydes is 1. The van der Waals surface area contributed by atoms with Crippen LogP contribution < -0.4 is 5.46 Å². The quantitative estimate of drug-likeness (QED) is 0.412. The summed E-state index contributed by atoms with van der Waals surface area (Å²) in [5.41, 5.74) is -2.39. The van der Waals surface area contributed by atoms with Gasteiger partial charge in [0, 0.05) is 0 Å². The highest BCUT2D eigenvalue weighted by Gasteiger charge is 2.30. The second-order valence-electron chi connectivity index (χ2n) is 2.56. The molecule has 0 unspecified atom stereocenters. The van der Waals surface area contributed by atoms with Crippen molar-refractivity contribution in [2.75, 3.05) is 0 Å². The Hall–Kier alpha value is -1.40. The van der Waals surface area contributed by atoms with Gasteiger partial charge in [-0.15, -0.1) is 0 Å². The van der Waals surface area contributed by atoms with Crippen LogP contribution in [0.1, 0.15) is 10.4 Å². The molecule has 0 spiro atoms. The van der Waals surface area contributed by atoms with Gasteiger partial charge in [0.25, 0.3) is 0 Å². The van der Waals surface area contributed by atoms with E-state index in [1.165, 1.54) is 0 Å². The molecule has 0 bridgehead atoms. The van der Waals surface area contributed by atoms with E-state index >= 15 is 0 Å². The molecular formula is C7H3BF5O-. The molecule has 7 heteroatoms. The Morgan fingerprint density at radius 3 is 2.07 bits per heavy atom. The van der Waals surface area contributed by atoms with Gasteiger partial charge in [-0.2, -0.15) is 0 Å². The maximum atomic E-state index is 12.7. The van der Waals surface area contributed by atoms with Gasteiger partial charge in [0.1, 0.15) is 5.82 Å². The summed E-state index contributed by atoms with van der Waals surface area (Å²) in [6.07, 6.45) is -0.0500. The molecule has 0 amide bonds. The van der Waals surface area contributed by atoms with Gasteiger partial charge in [0.15, 0.2) is 12.1 Å². The average molecular weight is 209 g/mol. The first kappa shape index (κ1) is 10.7. The van der Waals surface area contributed by atoms with E-state index in [9.17, 15) is 26.5 Å². The molecule has 1 aromatic rings. The number of hydrogen-bond donors (Lipinski definition) is 0. The van der Waals surface area contributed by atoms with Gasteiger partial charge in [0.2, 0.25) is 0 Å². The van der Waals surface area contributed by atoms with Crippen molar-refractivity contribution in [2.45, 2.75) is 0 Å². The summed E-state index contributed by atoms with van der Waals surface area (Å²) < 4.78 is 61.5. The van der Waals surface area contributed by atoms with Crippen LogP contribution in [-0.2, 0) is 0 Å². The van der Waals surface area contributed by atoms with Crippen LogP contribution in [0.4, 0.5) is 21.7 Å². The van der Waals surface area contributed by atoms with Crippen molar-refractivity contribution < 1.29 is 26.5 Å². The highest BCUT2D eigenvalue weighted by Crippen LogP contribution is 2.15. The lowest BCUT2D eigenvalue weighted by Crippen LogP contribution is -2.37. The van der Waals surface area contributed by atoms with Crippen molar-refractivity contribution >= 4 is 18.7 Å². The second kappa shape index (κ2) is 3.40. The van der Waals surface area contributed by atoms with Crippen LogP contribution in [0.3, 0.4) is 0 Å². The molecule has 0 heterocycles. The molecular weight excluding hydrogens is 206 g/mol. The van der Waals surface area contributed by atoms with E-state index in [0.717, 1.165) is 0 Å². The predicted octanol–water partition coefficient (Wildman–Crippen LogP) is 1.83. The Morgan fingerprint density at radius 1 is 1.07 bits per heavy atom. The zero-order valence-corrected chi connectivity index (χ0v) is 6.61. The lowest BCUT2D eigenvalue weighted by molar-refractivity contribution is 0.111. The molecule has 0 aliphatic heterocycles. The molecule has 0 aromatic heterocycles. The summed E-state index contributed by atoms with van der Waals surface area (Å²) in [4.78, 5) is 10.1. The molecule has 0 aliphatic carbocycles. The summed E-state index contributed by atoms with van der Waals surface area (Å²) in [6, 6.07) is 0.943. The standard InChI is InChI=1S/C7H3BF5O/c9-6-4(3-14)1-2-5(7(6)10)8(11,12)13/h1-3H/q-1. The van der Waals surface area contributed by atoms with Crippen molar-refractivity contribution in [3.63, 3.8) is 0 Å². The molecule has 76 valence electrons. The minimum absolute atomic E-state index is 0.0500. The van der Waals surface area contributed by atoms with E-state index in [1.807, 2.05) is 0 Å². The zero-order chi connectivity index (χ0) is 10.9. The van der Waals surface area contributed by atoms with E-state index in [0.29, 0.717) is 12.1 Å². The molecule has 0 saturated carbocycles. The summed E-state index contributed by atoms with van der Waals surface area (Å²) in [5.74, 6) is -3.79. The van der Waals surface area contributed by atoms with Crippen LogP contribution in [0.2, 0.25) is 0 Å². The van der Waals surface area contributed by atoms with Crippen molar-refractivity contribution in [1.29, 1.82) is 0 Å². The van der Waals surface area contributed by atoms with Gasteiger partial charge in [-0.05, 0) is 0 Å². The minimum atomic E-state index is -5.60. The fourth-order valence-corrected chi connectivity index (χ4v) is 0.923. The fourth-order valence-electron chi connectivity index (χ4n) is 0.923. The second-order valence-corrected chi connectivity index (χ2v) is 2.56. The summed E-state index contributed by atoms with van der Waals surface area (Å²) in [7, 11) is 0. The number of hydrogen-bond acceptors (Lipinski definition) is 1. The highest BCUT2D eigenvalue weighted by molar-refractivity contribution is 6.73. The molecule has 0 atom stereocenters. The maximum Gasteiger partial charge on any atom is 0.512 e. The van der Waals surface area contributed by atoms with Crippen molar-refractivity contribution in [3.05, 3.63) is 29.3 Å². The molecule has 0 fully saturated rings. The third-order valence-corrected chi connectivity index (χ3v) is 1.62. The first-order valence-electron chi connectivity index (χ1n) is 3.51. The van der Waals surface area contributed by atoms with Gasteiger partial charge in [-0.1, -0.05) is 17.6 Å². The molecule has 1 aromatic carbocycles. The molecule has 0 saturated heterocycles. The van der Waals surface area contributed by atoms with Crippen LogP contribution in [0.25, 0.3) is 0 Å². The molecule has 0 aliphatic rings. The Bertz CT molecular complexity index is 373. The van der Waals surface area contributed by atoms with Crippen LogP contribution in [-0.4, -0.2) is 13.3 Å². The third-order valence-electron chi connectivity index (χ3n) is 1.62. The Labute approximate surface area is 75.6 Å². The van der Waals surface area contributed by atoms with Crippen LogP contribution >= 0.6 is 0 Å². The summed E-state index contributed by atoms with van der Waals surface area (Å²) in [5, 5.41) is 0. The zero-order valence-electron chi connectivity index (χ0n) is 6.61. The molecule has 0 radical (unpaired) electrons. The van der Waals surface area contributed by atoms with Crippen LogP contribution in [0.15, 0.2) is 12.1 Å². The highest BCUT2D eigenvalue weighted by atomic mass is 19.4. The smallest absolute Gasteiger partial charge is 0.445 e. The van der Waals surface area contributed by atoms with E-state index in [1.54, 1.807) is 0 Å². The van der Waals surface area contributed by atoms with Gasteiger partial charge >= 0.3 is 6.98 Å². The molecule has 0 N–H and O–H groups in total. The third kappa shape index (κ3) is 1.76. The molecule has 1 rings (SSSR count). The normalized spacial score (nSPS) is 11.5. The largest absolute Gasteiger partial charge is 0.512 e. The Balaban J connectivity index is 3.38. The monoisotopic (exact) mass is 209 g/mol. The van der Waals surface area contributed by atoms with Gasteiger partial charge in [0.05, 0.1) is 5.56 Å². The molecule has 1 nitrogen and oxygen atoms in total. The minimum Gasteiger partial charge on any atom is -0.445 e. The first-order valence-corrected chi connectivity index (χ1v) is 3.51. The Morgan fingerprint density at radius 2 is 1.64 bits per heavy atom. The number of carbonyl (C=O) groups is 1. The maximum absolute atomic E-state index is 12.7. The lowest BCUT2D eigenvalue weighted by atomic mass is 9.79. The number of carbonyl (C=O) groups excluding carboxylic acids is 1. The van der Waals surface area contributed by atoms with E-state index in [4.69, 9.17) is 0 Å². The summed E-state index contributed by atoms with van der Waals surface area (Å²) >= 11 is 0. The van der Waals surface area contributed by atoms with E-state index < -0.39 is 29.6 Å². The lowest BCUT2D eigenvalue weighted by Gasteiger charge is -2.16. The first-order chi connectivity index (χ1) is 6.38. The number of benzene rings is 1. The van der Waals surface area contributed by atoms with E-state index in [2.05, 4.69) is 0 Å². The fraction of sp³-hybridized carbons (Fsp3) is 0. The Kier molecular flexibility index (Phi) is 2.59. The van der Waals surface area contributed by atoms with E-state index in [-0.39, 0.29) is 6.29 Å². The van der Waals surface area contributed by atoms with Crippen LogP contribution in [0.5, 0.6) is 0 Å². The van der Waals surface area contributed by atoms with Gasteiger partial charge in [-0.25, -0.2) is 8.78 Å². The van der Waals surface area contributed by atoms with Crippen molar-refractivity contribution in [2.24, 2.45) is 0 Å². The van der Waals surface area contributed by atoms with Crippen LogP contribution in [0, 0.1) is 11.6 Å². The number of halogens is 5. The molecule has 14 heavy (non-hydrogen) atoms. The predicted molar refractivity (Wildman–Crippen MR) is 40.5 cm³/mol. The summed E-state index contributed by atoms with van der Waals surface area (Å²) in [6.45, 7) is -5.60. The topological polar surface area (TPSA) is 17.1 Å².